The van der Waals surface area contributed by atoms with E-state index < -0.39 is 0 Å². The minimum Gasteiger partial charge on any atom is 0 e. The molecule has 4 heavy (non-hydrogen) atoms. The normalized spacial score (nSPS) is 0. The third-order valence-corrected chi connectivity index (χ3v) is 0. The Hall–Kier alpha value is 2.91. The van der Waals surface area contributed by atoms with Crippen LogP contribution in [0.2, 0.25) is 0 Å². The standard InChI is InChI=1S/3Au.W. The second-order valence-electron chi connectivity index (χ2n) is 0. The van der Waals surface area contributed by atoms with Gasteiger partial charge in [-0.25, -0.2) is 0 Å². The third kappa shape index (κ3) is 8.86. The van der Waals surface area contributed by atoms with Crippen molar-refractivity contribution in [3.8, 4) is 0 Å². The molecule has 0 saturated carbocycles. The Kier molecular flexibility index (Phi) is 120. The van der Waals surface area contributed by atoms with Crippen molar-refractivity contribution < 1.29 is 88.2 Å². The molecule has 0 aromatic rings. The van der Waals surface area contributed by atoms with Crippen LogP contribution in [0, 0.1) is 0 Å². The minimum absolute atomic E-state index is 0. The van der Waals surface area contributed by atoms with Crippen LogP contribution in [0.3, 0.4) is 0 Å². The van der Waals surface area contributed by atoms with E-state index >= 15 is 0 Å². The van der Waals surface area contributed by atoms with Crippen LogP contribution in [-0.2, 0) is 88.2 Å². The summed E-state index contributed by atoms with van der Waals surface area (Å²) in [4.78, 5) is 0. The van der Waals surface area contributed by atoms with Crippen LogP contribution in [0.1, 0.15) is 0 Å². The molecule has 3 radical (unpaired) electrons. The van der Waals surface area contributed by atoms with Crippen molar-refractivity contribution in [3.05, 3.63) is 0 Å². The smallest absolute Gasteiger partial charge is 0 e. The van der Waals surface area contributed by atoms with Crippen LogP contribution in [0.25, 0.3) is 0 Å². The molecular weight excluding hydrogens is 775 g/mol. The second-order valence-corrected chi connectivity index (χ2v) is 0. The van der Waals surface area contributed by atoms with Crippen LogP contribution in [0.4, 0.5) is 0 Å². The average molecular weight is 775 g/mol. The van der Waals surface area contributed by atoms with Crippen molar-refractivity contribution in [1.82, 2.24) is 0 Å². The summed E-state index contributed by atoms with van der Waals surface area (Å²) in [6.07, 6.45) is 0. The Morgan fingerprint density at radius 2 is 0.500 bits per heavy atom. The Bertz CT molecular complexity index is 3.25. The first kappa shape index (κ1) is 28.5. The molecule has 4 heteroatoms. The quantitative estimate of drug-likeness (QED) is 0.305. The van der Waals surface area contributed by atoms with Gasteiger partial charge in [0.2, 0.25) is 0 Å². The SMILES string of the molecule is [Au].[Au].[Au].[W]. The van der Waals surface area contributed by atoms with Crippen LogP contribution in [-0.4, -0.2) is 0 Å². The van der Waals surface area contributed by atoms with Gasteiger partial charge >= 0.3 is 0 Å². The van der Waals surface area contributed by atoms with E-state index in [1.54, 1.807) is 0 Å². The van der Waals surface area contributed by atoms with Crippen molar-refractivity contribution in [1.29, 1.82) is 0 Å². The van der Waals surface area contributed by atoms with Gasteiger partial charge < -0.3 is 0 Å². The maximum absolute atomic E-state index is 0. The largest absolute Gasteiger partial charge is 0 e. The Morgan fingerprint density at radius 3 is 0.500 bits per heavy atom. The molecule has 0 unspecified atom stereocenters. The average Bonchev–Trinajstić information content (AvgIpc) is 0. The summed E-state index contributed by atoms with van der Waals surface area (Å²) in [5.41, 5.74) is 0. The summed E-state index contributed by atoms with van der Waals surface area (Å²) in [6.45, 7) is 0. The van der Waals surface area contributed by atoms with E-state index in [0.717, 1.165) is 0 Å². The predicted octanol–water partition coefficient (Wildman–Crippen LogP) is -0.0100. The number of hydrogen-bond donors (Lipinski definition) is 0. The van der Waals surface area contributed by atoms with E-state index in [1.165, 1.54) is 0 Å². The second kappa shape index (κ2) is 16.8. The molecule has 0 amide bonds. The first-order chi connectivity index (χ1) is 0. The van der Waals surface area contributed by atoms with Crippen LogP contribution in [0.15, 0.2) is 0 Å². The molecule has 0 heterocycles. The Morgan fingerprint density at radius 1 is 0.500 bits per heavy atom. The molecule has 0 saturated heterocycles. The van der Waals surface area contributed by atoms with Gasteiger partial charge in [0, 0.05) is 88.2 Å². The maximum atomic E-state index is 0. The van der Waals surface area contributed by atoms with E-state index in [0.29, 0.717) is 0 Å². The van der Waals surface area contributed by atoms with Gasteiger partial charge in [-0.15, -0.1) is 0 Å². The first-order valence-corrected chi connectivity index (χ1v) is 0. The van der Waals surface area contributed by atoms with Gasteiger partial charge in [0.25, 0.3) is 0 Å². The van der Waals surface area contributed by atoms with Gasteiger partial charge in [0.05, 0.1) is 0 Å². The molecule has 0 bridgehead atoms. The summed E-state index contributed by atoms with van der Waals surface area (Å²) in [6, 6.07) is 0. The van der Waals surface area contributed by atoms with Crippen molar-refractivity contribution in [3.63, 3.8) is 0 Å². The molecule has 0 aliphatic carbocycles. The summed E-state index contributed by atoms with van der Waals surface area (Å²) in [5, 5.41) is 0. The van der Waals surface area contributed by atoms with Gasteiger partial charge in [0.1, 0.15) is 0 Å². The van der Waals surface area contributed by atoms with Gasteiger partial charge in [-0.2, -0.15) is 0 Å². The summed E-state index contributed by atoms with van der Waals surface area (Å²) < 4.78 is 0. The molecule has 0 nitrogen and oxygen atoms in total. The van der Waals surface area contributed by atoms with E-state index in [4.69, 9.17) is 0 Å². The van der Waals surface area contributed by atoms with Gasteiger partial charge in [0.15, 0.2) is 0 Å². The molecular formula is Au3W. The monoisotopic (exact) mass is 775 g/mol. The van der Waals surface area contributed by atoms with E-state index in [1.807, 2.05) is 0 Å². The van der Waals surface area contributed by atoms with Gasteiger partial charge in [-0.3, -0.25) is 0 Å². The zero-order chi connectivity index (χ0) is 0. The Labute approximate surface area is 86.7 Å². The molecule has 0 aromatic heterocycles. The molecule has 0 atom stereocenters. The van der Waals surface area contributed by atoms with Crippen molar-refractivity contribution in [2.75, 3.05) is 0 Å². The fourth-order valence-corrected chi connectivity index (χ4v) is 0. The molecule has 0 rings (SSSR count). The molecule has 0 aliphatic heterocycles. The fraction of sp³-hybridized carbons (Fsp3) is 0. The molecule has 0 spiro atoms. The summed E-state index contributed by atoms with van der Waals surface area (Å²) in [7, 11) is 0. The van der Waals surface area contributed by atoms with Gasteiger partial charge in [-0.1, -0.05) is 0 Å². The van der Waals surface area contributed by atoms with E-state index in [2.05, 4.69) is 0 Å². The molecule has 0 N–H and O–H groups in total. The molecule has 0 aliphatic rings. The fourth-order valence-electron chi connectivity index (χ4n) is 0. The van der Waals surface area contributed by atoms with Crippen molar-refractivity contribution >= 4 is 0 Å². The van der Waals surface area contributed by atoms with Crippen LogP contribution in [0.5, 0.6) is 0 Å². The van der Waals surface area contributed by atoms with E-state index in [-0.39, 0.29) is 88.2 Å². The van der Waals surface area contributed by atoms with Crippen LogP contribution < -0.4 is 0 Å². The van der Waals surface area contributed by atoms with Crippen LogP contribution >= 0.6 is 0 Å². The molecule has 0 aromatic carbocycles. The summed E-state index contributed by atoms with van der Waals surface area (Å²) >= 11 is 0. The Balaban J connectivity index is 0. The van der Waals surface area contributed by atoms with E-state index in [9.17, 15) is 0 Å². The third-order valence-electron chi connectivity index (χ3n) is 0. The predicted molar refractivity (Wildman–Crippen MR) is 0 cm³/mol. The van der Waals surface area contributed by atoms with Crippen molar-refractivity contribution in [2.24, 2.45) is 0 Å². The topological polar surface area (TPSA) is 0 Å². The molecule has 0 fully saturated rings. The first-order valence-electron chi connectivity index (χ1n) is 0. The number of hydrogen-bond acceptors (Lipinski definition) is 0. The number of rotatable bonds is 0. The molecule has 39 valence electrons. The maximum Gasteiger partial charge on any atom is 0 e. The zero-order valence-electron chi connectivity index (χ0n) is 1.31. The summed E-state index contributed by atoms with van der Waals surface area (Å²) in [5.74, 6) is 0. The van der Waals surface area contributed by atoms with Crippen molar-refractivity contribution in [2.45, 2.75) is 0 Å². The minimum atomic E-state index is 0. The zero-order valence-corrected chi connectivity index (χ0v) is 10.7. The van der Waals surface area contributed by atoms with Gasteiger partial charge in [-0.05, 0) is 0 Å².